The second kappa shape index (κ2) is 14.2. The first-order valence-electron chi connectivity index (χ1n) is 20.6. The van der Waals surface area contributed by atoms with Gasteiger partial charge in [-0.3, -0.25) is 0 Å². The van der Waals surface area contributed by atoms with Crippen molar-refractivity contribution in [3.8, 4) is 62.2 Å². The van der Waals surface area contributed by atoms with Gasteiger partial charge in [0.2, 0.25) is 0 Å². The van der Waals surface area contributed by atoms with Crippen molar-refractivity contribution in [3.05, 3.63) is 212 Å². The van der Waals surface area contributed by atoms with Crippen molar-refractivity contribution < 1.29 is 0 Å². The molecule has 284 valence electrons. The molecule has 0 N–H and O–H groups in total. The van der Waals surface area contributed by atoms with Gasteiger partial charge in [0.25, 0.3) is 0 Å². The van der Waals surface area contributed by atoms with Crippen LogP contribution in [-0.2, 0) is 0 Å². The molecular weight excluding hydrogens is 743 g/mol. The van der Waals surface area contributed by atoms with Gasteiger partial charge in [-0.25, -0.2) is 19.9 Å². The molecule has 0 aliphatic carbocycles. The van der Waals surface area contributed by atoms with Crippen LogP contribution in [0.5, 0.6) is 0 Å². The van der Waals surface area contributed by atoms with Crippen LogP contribution < -0.4 is 0 Å². The van der Waals surface area contributed by atoms with Crippen LogP contribution in [0.4, 0.5) is 0 Å². The molecule has 0 unspecified atom stereocenters. The Labute approximate surface area is 351 Å². The summed E-state index contributed by atoms with van der Waals surface area (Å²) in [5.41, 5.74) is 11.6. The zero-order valence-corrected chi connectivity index (χ0v) is 32.9. The first-order valence-corrected chi connectivity index (χ1v) is 20.6. The van der Waals surface area contributed by atoms with Crippen molar-refractivity contribution in [1.29, 1.82) is 0 Å². The Balaban J connectivity index is 1.08. The second-order valence-electron chi connectivity index (χ2n) is 15.4. The van der Waals surface area contributed by atoms with Crippen LogP contribution in [-0.4, -0.2) is 24.5 Å². The standard InChI is InChI=1S/C56H35N5/c1-5-17-36(18-6-1)53-49-35-52-48(34-47(49)44-27-15-16-28-50(44)57-53)45-30-29-39(33-51(45)61(52)40-23-11-4-12-24-40)41-31-32-46(43-26-14-13-25-42(41)43)56-59-54(37-19-7-2-8-20-37)58-55(60-56)38-21-9-3-10-22-38/h1-35H. The van der Waals surface area contributed by atoms with Gasteiger partial charge in [-0.05, 0) is 69.8 Å². The van der Waals surface area contributed by atoms with E-state index in [4.69, 9.17) is 19.9 Å². The van der Waals surface area contributed by atoms with E-state index in [2.05, 4.69) is 156 Å². The van der Waals surface area contributed by atoms with E-state index in [0.717, 1.165) is 82.9 Å². The van der Waals surface area contributed by atoms with E-state index < -0.39 is 0 Å². The van der Waals surface area contributed by atoms with E-state index in [9.17, 15) is 0 Å². The van der Waals surface area contributed by atoms with Gasteiger partial charge < -0.3 is 4.57 Å². The summed E-state index contributed by atoms with van der Waals surface area (Å²) in [4.78, 5) is 20.4. The van der Waals surface area contributed by atoms with Gasteiger partial charge in [0.05, 0.1) is 22.2 Å². The van der Waals surface area contributed by atoms with Crippen molar-refractivity contribution in [3.63, 3.8) is 0 Å². The molecule has 0 radical (unpaired) electrons. The number of hydrogen-bond donors (Lipinski definition) is 0. The molecule has 5 nitrogen and oxygen atoms in total. The van der Waals surface area contributed by atoms with Gasteiger partial charge in [0.1, 0.15) is 0 Å². The monoisotopic (exact) mass is 777 g/mol. The minimum atomic E-state index is 0.638. The van der Waals surface area contributed by atoms with E-state index >= 15 is 0 Å². The maximum absolute atomic E-state index is 5.27. The highest BCUT2D eigenvalue weighted by Gasteiger charge is 2.20. The molecule has 12 aromatic rings. The molecule has 0 aliphatic heterocycles. The SMILES string of the molecule is c1ccc(-c2nc(-c3ccccc3)nc(-c3ccc(-c4ccc5c6cc7c(cc6n(-c6ccccc6)c5c4)c(-c4ccccc4)nc4ccccc47)c4ccccc34)n2)cc1. The number of pyridine rings is 1. The van der Waals surface area contributed by atoms with Crippen LogP contribution in [0.3, 0.4) is 0 Å². The lowest BCUT2D eigenvalue weighted by molar-refractivity contribution is 1.08. The number of para-hydroxylation sites is 2. The van der Waals surface area contributed by atoms with Gasteiger partial charge in [-0.15, -0.1) is 0 Å². The zero-order chi connectivity index (χ0) is 40.3. The predicted octanol–water partition coefficient (Wildman–Crippen LogP) is 14.2. The number of hydrogen-bond acceptors (Lipinski definition) is 4. The molecule has 0 aliphatic rings. The molecule has 0 fully saturated rings. The summed E-state index contributed by atoms with van der Waals surface area (Å²) >= 11 is 0. The second-order valence-corrected chi connectivity index (χ2v) is 15.4. The molecule has 3 aromatic heterocycles. The zero-order valence-electron chi connectivity index (χ0n) is 32.9. The highest BCUT2D eigenvalue weighted by Crippen LogP contribution is 2.42. The van der Waals surface area contributed by atoms with E-state index in [1.54, 1.807) is 0 Å². The third-order valence-electron chi connectivity index (χ3n) is 11.8. The molecular formula is C56H35N5. The van der Waals surface area contributed by atoms with Crippen molar-refractivity contribution in [2.45, 2.75) is 0 Å². The van der Waals surface area contributed by atoms with Gasteiger partial charge >= 0.3 is 0 Å². The van der Waals surface area contributed by atoms with Crippen molar-refractivity contribution >= 4 is 54.3 Å². The van der Waals surface area contributed by atoms with Gasteiger partial charge in [0, 0.05) is 49.5 Å². The molecule has 9 aromatic carbocycles. The fraction of sp³-hybridized carbons (Fsp3) is 0. The summed E-state index contributed by atoms with van der Waals surface area (Å²) in [5.74, 6) is 1.92. The third kappa shape index (κ3) is 5.86. The Hall–Kier alpha value is -8.28. The van der Waals surface area contributed by atoms with Gasteiger partial charge in [-0.1, -0.05) is 170 Å². The molecule has 0 spiro atoms. The van der Waals surface area contributed by atoms with Crippen LogP contribution in [0.1, 0.15) is 0 Å². The first-order chi connectivity index (χ1) is 30.2. The Bertz CT molecular complexity index is 3560. The molecule has 12 rings (SSSR count). The highest BCUT2D eigenvalue weighted by atomic mass is 15.0. The van der Waals surface area contributed by atoms with Gasteiger partial charge in [0.15, 0.2) is 17.5 Å². The quantitative estimate of drug-likeness (QED) is 0.158. The maximum atomic E-state index is 5.27. The summed E-state index contributed by atoms with van der Waals surface area (Å²) in [5, 5.41) is 8.06. The highest BCUT2D eigenvalue weighted by molar-refractivity contribution is 6.21. The molecule has 0 bridgehead atoms. The molecule has 0 saturated heterocycles. The van der Waals surface area contributed by atoms with Crippen LogP contribution in [0, 0.1) is 0 Å². The lowest BCUT2D eigenvalue weighted by atomic mass is 9.94. The van der Waals surface area contributed by atoms with Crippen LogP contribution in [0.15, 0.2) is 212 Å². The number of benzene rings is 9. The van der Waals surface area contributed by atoms with Crippen LogP contribution in [0.25, 0.3) is 116 Å². The predicted molar refractivity (Wildman–Crippen MR) is 252 cm³/mol. The molecule has 3 heterocycles. The van der Waals surface area contributed by atoms with Crippen molar-refractivity contribution in [2.24, 2.45) is 0 Å². The molecule has 61 heavy (non-hydrogen) atoms. The number of nitrogens with zero attached hydrogens (tertiary/aromatic N) is 5. The van der Waals surface area contributed by atoms with E-state index in [1.165, 1.54) is 16.2 Å². The first kappa shape index (κ1) is 34.7. The topological polar surface area (TPSA) is 56.5 Å². The third-order valence-corrected chi connectivity index (χ3v) is 11.8. The lowest BCUT2D eigenvalue weighted by Crippen LogP contribution is -2.00. The molecule has 0 saturated carbocycles. The Morgan fingerprint density at radius 2 is 0.803 bits per heavy atom. The summed E-state index contributed by atoms with van der Waals surface area (Å²) in [7, 11) is 0. The van der Waals surface area contributed by atoms with Crippen LogP contribution in [0.2, 0.25) is 0 Å². The minimum Gasteiger partial charge on any atom is -0.309 e. The molecule has 5 heteroatoms. The summed E-state index contributed by atoms with van der Waals surface area (Å²) in [6.45, 7) is 0. The summed E-state index contributed by atoms with van der Waals surface area (Å²) in [6.07, 6.45) is 0. The Morgan fingerprint density at radius 3 is 1.48 bits per heavy atom. The largest absolute Gasteiger partial charge is 0.309 e. The van der Waals surface area contributed by atoms with E-state index in [-0.39, 0.29) is 0 Å². The Kier molecular flexibility index (Phi) is 8.10. The average molecular weight is 778 g/mol. The lowest BCUT2D eigenvalue weighted by Gasteiger charge is -2.14. The smallest absolute Gasteiger partial charge is 0.164 e. The number of aromatic nitrogens is 5. The number of fused-ring (bicyclic) bond motifs is 7. The fourth-order valence-electron chi connectivity index (χ4n) is 8.98. The maximum Gasteiger partial charge on any atom is 0.164 e. The number of rotatable bonds is 6. The average Bonchev–Trinajstić information content (AvgIpc) is 3.66. The van der Waals surface area contributed by atoms with E-state index in [0.29, 0.717) is 17.5 Å². The fourth-order valence-corrected chi connectivity index (χ4v) is 8.98. The van der Waals surface area contributed by atoms with Crippen LogP contribution >= 0.6 is 0 Å². The van der Waals surface area contributed by atoms with Crippen molar-refractivity contribution in [2.75, 3.05) is 0 Å². The minimum absolute atomic E-state index is 0.638. The molecule has 0 atom stereocenters. The summed E-state index contributed by atoms with van der Waals surface area (Å²) < 4.78 is 2.41. The van der Waals surface area contributed by atoms with Crippen molar-refractivity contribution in [1.82, 2.24) is 24.5 Å². The molecule has 0 amide bonds. The van der Waals surface area contributed by atoms with Gasteiger partial charge in [-0.2, -0.15) is 0 Å². The van der Waals surface area contributed by atoms with E-state index in [1.807, 2.05) is 60.7 Å². The Morgan fingerprint density at radius 1 is 0.279 bits per heavy atom. The normalized spacial score (nSPS) is 11.6. The summed E-state index contributed by atoms with van der Waals surface area (Å²) in [6, 6.07) is 74.6.